The van der Waals surface area contributed by atoms with Crippen molar-refractivity contribution in [1.82, 2.24) is 24.5 Å². The molecule has 2 fully saturated rings. The van der Waals surface area contributed by atoms with Crippen LogP contribution in [0, 0.1) is 13.8 Å². The van der Waals surface area contributed by atoms with Crippen molar-refractivity contribution >= 4 is 0 Å². The number of aromatic nitrogens is 4. The average Bonchev–Trinajstić information content (AvgIpc) is 3.00. The Morgan fingerprint density at radius 2 is 1.88 bits per heavy atom. The van der Waals surface area contributed by atoms with Crippen molar-refractivity contribution in [2.75, 3.05) is 0 Å². The summed E-state index contributed by atoms with van der Waals surface area (Å²) in [5.74, 6) is 0. The van der Waals surface area contributed by atoms with E-state index >= 15 is 0 Å². The summed E-state index contributed by atoms with van der Waals surface area (Å²) in [6, 6.07) is 3.93. The lowest BCUT2D eigenvalue weighted by molar-refractivity contribution is -0.0678. The molecule has 0 saturated carbocycles. The van der Waals surface area contributed by atoms with E-state index in [1.165, 1.54) is 16.3 Å². The van der Waals surface area contributed by atoms with E-state index < -0.39 is 5.60 Å². The molecule has 2 saturated heterocycles. The van der Waals surface area contributed by atoms with E-state index in [0.29, 0.717) is 24.9 Å². The molecule has 4 heterocycles. The number of nitrogens with zero attached hydrogens (tertiary/aromatic N) is 5. The van der Waals surface area contributed by atoms with E-state index in [9.17, 15) is 9.90 Å². The molecule has 0 amide bonds. The Balaban J connectivity index is 1.51. The van der Waals surface area contributed by atoms with Crippen molar-refractivity contribution in [3.05, 3.63) is 45.6 Å². The van der Waals surface area contributed by atoms with Gasteiger partial charge in [0.1, 0.15) is 0 Å². The maximum Gasteiger partial charge on any atom is 0.266 e. The van der Waals surface area contributed by atoms with Crippen LogP contribution >= 0.6 is 0 Å². The maximum absolute atomic E-state index is 12.1. The van der Waals surface area contributed by atoms with Crippen LogP contribution < -0.4 is 5.56 Å². The van der Waals surface area contributed by atoms with Gasteiger partial charge in [-0.25, -0.2) is 4.68 Å². The summed E-state index contributed by atoms with van der Waals surface area (Å²) in [5, 5.41) is 20.0. The molecule has 26 heavy (non-hydrogen) atoms. The summed E-state index contributed by atoms with van der Waals surface area (Å²) < 4.78 is 3.29. The van der Waals surface area contributed by atoms with Crippen molar-refractivity contribution < 1.29 is 5.11 Å². The Labute approximate surface area is 153 Å². The van der Waals surface area contributed by atoms with Gasteiger partial charge in [-0.15, -0.1) is 0 Å². The number of fused-ring (bicyclic) bond motifs is 2. The molecule has 2 atom stereocenters. The Morgan fingerprint density at radius 1 is 1.19 bits per heavy atom. The summed E-state index contributed by atoms with van der Waals surface area (Å²) >= 11 is 0. The second kappa shape index (κ2) is 6.32. The molecule has 7 nitrogen and oxygen atoms in total. The van der Waals surface area contributed by atoms with E-state index in [1.54, 1.807) is 6.07 Å². The Bertz CT molecular complexity index is 857. The number of rotatable bonds is 4. The van der Waals surface area contributed by atoms with Crippen molar-refractivity contribution in [1.29, 1.82) is 0 Å². The highest BCUT2D eigenvalue weighted by Gasteiger charge is 2.47. The standard InChI is InChI=1S/C19H27N5O2/c1-13-4-7-18(25)24(20-13)12-19(26)8-16-5-6-17(9-19)23(16)11-15-10-22(3)21-14(15)2/h4,7,10,16-17,26H,5-6,8-9,11-12H2,1-3H3. The third-order valence-electron chi connectivity index (χ3n) is 5.91. The largest absolute Gasteiger partial charge is 0.388 e. The first kappa shape index (κ1) is 17.4. The van der Waals surface area contributed by atoms with E-state index in [2.05, 4.69) is 21.3 Å². The molecule has 1 N–H and O–H groups in total. The van der Waals surface area contributed by atoms with Crippen LogP contribution in [0.25, 0.3) is 0 Å². The second-order valence-corrected chi connectivity index (χ2v) is 8.07. The first-order valence-electron chi connectivity index (χ1n) is 9.35. The lowest BCUT2D eigenvalue weighted by Gasteiger charge is -2.43. The fourth-order valence-corrected chi connectivity index (χ4v) is 4.74. The summed E-state index contributed by atoms with van der Waals surface area (Å²) in [7, 11) is 1.95. The Hall–Kier alpha value is -1.99. The predicted octanol–water partition coefficient (Wildman–Crippen LogP) is 1.15. The van der Waals surface area contributed by atoms with Crippen molar-refractivity contribution in [2.24, 2.45) is 7.05 Å². The van der Waals surface area contributed by atoms with Crippen LogP contribution in [0.1, 0.15) is 42.6 Å². The molecular weight excluding hydrogens is 330 g/mol. The Morgan fingerprint density at radius 3 is 2.50 bits per heavy atom. The molecule has 2 aliphatic rings. The molecule has 2 unspecified atom stereocenters. The zero-order chi connectivity index (χ0) is 18.5. The van der Waals surface area contributed by atoms with E-state index in [0.717, 1.165) is 30.8 Å². The van der Waals surface area contributed by atoms with Gasteiger partial charge >= 0.3 is 0 Å². The topological polar surface area (TPSA) is 76.2 Å². The molecule has 0 aliphatic carbocycles. The van der Waals surface area contributed by atoms with Gasteiger partial charge in [0.25, 0.3) is 5.56 Å². The zero-order valence-corrected chi connectivity index (χ0v) is 15.7. The zero-order valence-electron chi connectivity index (χ0n) is 15.7. The first-order chi connectivity index (χ1) is 12.3. The normalized spacial score (nSPS) is 28.6. The smallest absolute Gasteiger partial charge is 0.266 e. The molecule has 2 aromatic heterocycles. The van der Waals surface area contributed by atoms with Crippen LogP contribution in [0.15, 0.2) is 23.1 Å². The highest BCUT2D eigenvalue weighted by Crippen LogP contribution is 2.42. The van der Waals surface area contributed by atoms with Crippen LogP contribution in [0.2, 0.25) is 0 Å². The molecule has 0 spiro atoms. The van der Waals surface area contributed by atoms with Gasteiger partial charge in [0.15, 0.2) is 0 Å². The number of hydrogen-bond donors (Lipinski definition) is 1. The molecule has 7 heteroatoms. The highest BCUT2D eigenvalue weighted by molar-refractivity contribution is 5.17. The molecule has 2 aromatic rings. The van der Waals surface area contributed by atoms with Gasteiger partial charge in [-0.2, -0.15) is 10.2 Å². The van der Waals surface area contributed by atoms with Gasteiger partial charge in [-0.05, 0) is 45.6 Å². The van der Waals surface area contributed by atoms with Gasteiger partial charge in [0.05, 0.1) is 23.5 Å². The molecule has 4 rings (SSSR count). The lowest BCUT2D eigenvalue weighted by atomic mass is 9.85. The summed E-state index contributed by atoms with van der Waals surface area (Å²) in [6.45, 7) is 5.07. The number of hydrogen-bond acceptors (Lipinski definition) is 5. The average molecular weight is 357 g/mol. The van der Waals surface area contributed by atoms with Gasteiger partial charge in [-0.1, -0.05) is 0 Å². The Kier molecular flexibility index (Phi) is 4.23. The fraction of sp³-hybridized carbons (Fsp3) is 0.632. The highest BCUT2D eigenvalue weighted by atomic mass is 16.3. The van der Waals surface area contributed by atoms with E-state index in [4.69, 9.17) is 0 Å². The van der Waals surface area contributed by atoms with Gasteiger partial charge in [0, 0.05) is 43.5 Å². The minimum absolute atomic E-state index is 0.148. The van der Waals surface area contributed by atoms with Crippen molar-refractivity contribution in [3.8, 4) is 0 Å². The van der Waals surface area contributed by atoms with Gasteiger partial charge in [-0.3, -0.25) is 14.4 Å². The van der Waals surface area contributed by atoms with E-state index in [-0.39, 0.29) is 12.1 Å². The molecule has 2 aliphatic heterocycles. The summed E-state index contributed by atoms with van der Waals surface area (Å²) in [5.41, 5.74) is 2.11. The quantitative estimate of drug-likeness (QED) is 0.888. The minimum atomic E-state index is -0.864. The number of aliphatic hydroxyl groups is 1. The van der Waals surface area contributed by atoms with E-state index in [1.807, 2.05) is 25.6 Å². The first-order valence-corrected chi connectivity index (χ1v) is 9.35. The van der Waals surface area contributed by atoms with Crippen molar-refractivity contribution in [2.45, 2.75) is 70.3 Å². The summed E-state index contributed by atoms with van der Waals surface area (Å²) in [4.78, 5) is 14.6. The summed E-state index contributed by atoms with van der Waals surface area (Å²) in [6.07, 6.45) is 5.66. The SMILES string of the molecule is Cc1ccc(=O)n(CC2(O)CC3CCC(C2)N3Cc2cn(C)nc2C)n1. The number of aryl methyl sites for hydroxylation is 3. The third kappa shape index (κ3) is 3.21. The third-order valence-corrected chi connectivity index (χ3v) is 5.91. The molecule has 0 aromatic carbocycles. The second-order valence-electron chi connectivity index (χ2n) is 8.07. The predicted molar refractivity (Wildman–Crippen MR) is 97.7 cm³/mol. The van der Waals surface area contributed by atoms with Crippen molar-refractivity contribution in [3.63, 3.8) is 0 Å². The maximum atomic E-state index is 12.1. The van der Waals surface area contributed by atoms with Crippen LogP contribution in [-0.4, -0.2) is 47.3 Å². The molecule has 140 valence electrons. The fourth-order valence-electron chi connectivity index (χ4n) is 4.74. The minimum Gasteiger partial charge on any atom is -0.388 e. The monoisotopic (exact) mass is 357 g/mol. The van der Waals surface area contributed by atoms with Crippen LogP contribution in [0.5, 0.6) is 0 Å². The van der Waals surface area contributed by atoms with Crippen LogP contribution in [0.4, 0.5) is 0 Å². The molecule has 2 bridgehead atoms. The van der Waals surface area contributed by atoms with Crippen LogP contribution in [0.3, 0.4) is 0 Å². The van der Waals surface area contributed by atoms with Gasteiger partial charge in [0.2, 0.25) is 0 Å². The molecular formula is C19H27N5O2. The lowest BCUT2D eigenvalue weighted by Crippen LogP contribution is -2.53. The molecule has 0 radical (unpaired) electrons. The van der Waals surface area contributed by atoms with Crippen LogP contribution in [-0.2, 0) is 20.1 Å². The van der Waals surface area contributed by atoms with Gasteiger partial charge < -0.3 is 5.11 Å². The number of piperidine rings is 1.